The number of sulfone groups is 1. The summed E-state index contributed by atoms with van der Waals surface area (Å²) in [7, 11) is -7.30. The van der Waals surface area contributed by atoms with Crippen LogP contribution in [0.3, 0.4) is 0 Å². The number of fused-ring (bicyclic) bond motifs is 1. The zero-order chi connectivity index (χ0) is 15.8. The molecule has 0 aromatic carbocycles. The number of rotatable bonds is 6. The highest BCUT2D eigenvalue weighted by Crippen LogP contribution is 2.39. The summed E-state index contributed by atoms with van der Waals surface area (Å²) in [6, 6.07) is 0. The molecule has 0 unspecified atom stereocenters. The van der Waals surface area contributed by atoms with Gasteiger partial charge in [-0.05, 0) is 24.8 Å². The van der Waals surface area contributed by atoms with Crippen LogP contribution in [0.5, 0.6) is 0 Å². The van der Waals surface area contributed by atoms with Crippen LogP contribution in [-0.4, -0.2) is 45.7 Å². The number of sulfonamides is 1. The van der Waals surface area contributed by atoms with Gasteiger partial charge in [0, 0.05) is 11.1 Å². The third-order valence-corrected chi connectivity index (χ3v) is 6.90. The number of aromatic carboxylic acids is 1. The lowest BCUT2D eigenvalue weighted by Crippen LogP contribution is -2.23. The molecule has 0 saturated heterocycles. The van der Waals surface area contributed by atoms with E-state index in [9.17, 15) is 26.7 Å². The van der Waals surface area contributed by atoms with Gasteiger partial charge >= 0.3 is 5.97 Å². The van der Waals surface area contributed by atoms with Gasteiger partial charge in [0.1, 0.15) is 14.8 Å². The number of anilines is 1. The van der Waals surface area contributed by atoms with Crippen molar-refractivity contribution in [1.82, 2.24) is 0 Å². The first kappa shape index (κ1) is 16.2. The third kappa shape index (κ3) is 3.95. The van der Waals surface area contributed by atoms with Crippen molar-refractivity contribution in [2.24, 2.45) is 0 Å². The minimum atomic E-state index is -3.89. The first-order valence-corrected chi connectivity index (χ1v) is 10.7. The maximum Gasteiger partial charge on any atom is 0.339 e. The van der Waals surface area contributed by atoms with Gasteiger partial charge in [-0.3, -0.25) is 4.72 Å². The standard InChI is InChI=1S/C11H15NO6S3/c1-20(15,16)5-6-21(17,18)12-10-9(11(13)14)7-3-2-4-8(7)19-10/h12H,2-6H2,1H3,(H,13,14). The number of thiophene rings is 1. The van der Waals surface area contributed by atoms with Crippen molar-refractivity contribution in [3.05, 3.63) is 16.0 Å². The molecule has 0 aliphatic heterocycles. The van der Waals surface area contributed by atoms with Gasteiger partial charge in [-0.2, -0.15) is 0 Å². The molecule has 2 N–H and O–H groups in total. The van der Waals surface area contributed by atoms with Crippen LogP contribution in [0.15, 0.2) is 0 Å². The Hall–Kier alpha value is -1.13. The monoisotopic (exact) mass is 353 g/mol. The number of carboxylic acid groups (broad SMARTS) is 1. The molecule has 0 amide bonds. The van der Waals surface area contributed by atoms with Crippen LogP contribution < -0.4 is 4.72 Å². The average Bonchev–Trinajstić information content (AvgIpc) is 2.84. The van der Waals surface area contributed by atoms with Crippen LogP contribution >= 0.6 is 11.3 Å². The molecule has 0 bridgehead atoms. The van der Waals surface area contributed by atoms with Crippen LogP contribution in [-0.2, 0) is 32.7 Å². The highest BCUT2D eigenvalue weighted by atomic mass is 32.2. The SMILES string of the molecule is CS(=O)(=O)CCS(=O)(=O)Nc1sc2c(c1C(=O)O)CCC2. The topological polar surface area (TPSA) is 118 Å². The number of carbonyl (C=O) groups is 1. The summed E-state index contributed by atoms with van der Waals surface area (Å²) < 4.78 is 48.1. The lowest BCUT2D eigenvalue weighted by atomic mass is 10.1. The van der Waals surface area contributed by atoms with Gasteiger partial charge in [0.2, 0.25) is 10.0 Å². The Morgan fingerprint density at radius 1 is 1.24 bits per heavy atom. The normalized spacial score (nSPS) is 14.9. The van der Waals surface area contributed by atoms with E-state index in [0.717, 1.165) is 35.3 Å². The summed E-state index contributed by atoms with van der Waals surface area (Å²) in [6.45, 7) is 0. The van der Waals surface area contributed by atoms with Gasteiger partial charge < -0.3 is 5.11 Å². The predicted octanol–water partition coefficient (Wildman–Crippen LogP) is 0.721. The van der Waals surface area contributed by atoms with Crippen molar-refractivity contribution in [3.63, 3.8) is 0 Å². The van der Waals surface area contributed by atoms with Crippen LogP contribution in [0, 0.1) is 0 Å². The summed E-state index contributed by atoms with van der Waals surface area (Å²) in [5.74, 6) is -2.27. The molecule has 2 rings (SSSR count). The number of nitrogens with one attached hydrogen (secondary N) is 1. The van der Waals surface area contributed by atoms with E-state index in [0.29, 0.717) is 12.0 Å². The quantitative estimate of drug-likeness (QED) is 0.778. The smallest absolute Gasteiger partial charge is 0.339 e. The molecule has 10 heteroatoms. The second kappa shape index (κ2) is 5.58. The highest BCUT2D eigenvalue weighted by molar-refractivity contribution is 7.95. The van der Waals surface area contributed by atoms with Crippen LogP contribution in [0.25, 0.3) is 0 Å². The Bertz CT molecular complexity index is 775. The van der Waals surface area contributed by atoms with E-state index >= 15 is 0 Å². The van der Waals surface area contributed by atoms with E-state index in [-0.39, 0.29) is 10.6 Å². The minimum absolute atomic E-state index is 0.00423. The van der Waals surface area contributed by atoms with Gasteiger partial charge in [0.15, 0.2) is 0 Å². The van der Waals surface area contributed by atoms with E-state index in [4.69, 9.17) is 0 Å². The fourth-order valence-electron chi connectivity index (χ4n) is 2.16. The molecular formula is C11H15NO6S3. The molecule has 1 aromatic heterocycles. The maximum absolute atomic E-state index is 11.9. The lowest BCUT2D eigenvalue weighted by molar-refractivity contribution is 0.0697. The lowest BCUT2D eigenvalue weighted by Gasteiger charge is -2.07. The average molecular weight is 353 g/mol. The van der Waals surface area contributed by atoms with Crippen molar-refractivity contribution < 1.29 is 26.7 Å². The number of carboxylic acids is 1. The van der Waals surface area contributed by atoms with Crippen molar-refractivity contribution in [1.29, 1.82) is 0 Å². The van der Waals surface area contributed by atoms with Crippen molar-refractivity contribution in [2.75, 3.05) is 22.5 Å². The fourth-order valence-corrected chi connectivity index (χ4v) is 6.41. The molecule has 0 saturated carbocycles. The predicted molar refractivity (Wildman–Crippen MR) is 80.4 cm³/mol. The molecular weight excluding hydrogens is 338 g/mol. The molecule has 7 nitrogen and oxygen atoms in total. The summed E-state index contributed by atoms with van der Waals surface area (Å²) >= 11 is 1.12. The van der Waals surface area contributed by atoms with Gasteiger partial charge in [-0.15, -0.1) is 11.3 Å². The van der Waals surface area contributed by atoms with Gasteiger partial charge in [-0.1, -0.05) is 0 Å². The Morgan fingerprint density at radius 2 is 1.90 bits per heavy atom. The molecule has 1 heterocycles. The number of hydrogen-bond acceptors (Lipinski definition) is 6. The van der Waals surface area contributed by atoms with E-state index in [1.54, 1.807) is 0 Å². The number of aryl methyl sites for hydroxylation is 1. The molecule has 1 aliphatic rings. The zero-order valence-corrected chi connectivity index (χ0v) is 13.7. The highest BCUT2D eigenvalue weighted by Gasteiger charge is 2.28. The Kier molecular flexibility index (Phi) is 4.31. The Balaban J connectivity index is 2.26. The molecule has 1 aliphatic carbocycles. The number of hydrogen-bond donors (Lipinski definition) is 2. The Morgan fingerprint density at radius 3 is 2.48 bits per heavy atom. The van der Waals surface area contributed by atoms with Gasteiger partial charge in [-0.25, -0.2) is 21.6 Å². The molecule has 0 fully saturated rings. The molecule has 1 aromatic rings. The van der Waals surface area contributed by atoms with E-state index < -0.39 is 37.3 Å². The van der Waals surface area contributed by atoms with Crippen molar-refractivity contribution in [2.45, 2.75) is 19.3 Å². The van der Waals surface area contributed by atoms with E-state index in [2.05, 4.69) is 4.72 Å². The molecule has 0 radical (unpaired) electrons. The van der Waals surface area contributed by atoms with Crippen molar-refractivity contribution in [3.8, 4) is 0 Å². The maximum atomic E-state index is 11.9. The third-order valence-electron chi connectivity index (χ3n) is 3.11. The first-order valence-electron chi connectivity index (χ1n) is 6.15. The minimum Gasteiger partial charge on any atom is -0.478 e. The van der Waals surface area contributed by atoms with E-state index in [1.165, 1.54) is 0 Å². The summed E-state index contributed by atoms with van der Waals surface area (Å²) in [5.41, 5.74) is 0.684. The Labute approximate surface area is 127 Å². The molecule has 21 heavy (non-hydrogen) atoms. The molecule has 0 spiro atoms. The van der Waals surface area contributed by atoms with Crippen LogP contribution in [0.4, 0.5) is 5.00 Å². The van der Waals surface area contributed by atoms with Crippen LogP contribution in [0.2, 0.25) is 0 Å². The fraction of sp³-hybridized carbons (Fsp3) is 0.545. The largest absolute Gasteiger partial charge is 0.478 e. The summed E-state index contributed by atoms with van der Waals surface area (Å²) in [4.78, 5) is 12.2. The zero-order valence-electron chi connectivity index (χ0n) is 11.2. The van der Waals surface area contributed by atoms with Gasteiger partial charge in [0.25, 0.3) is 0 Å². The van der Waals surface area contributed by atoms with Crippen molar-refractivity contribution >= 4 is 42.2 Å². The molecule has 0 atom stereocenters. The van der Waals surface area contributed by atoms with E-state index in [1.807, 2.05) is 0 Å². The summed E-state index contributed by atoms with van der Waals surface area (Å²) in [5, 5.41) is 9.32. The summed E-state index contributed by atoms with van der Waals surface area (Å²) in [6.07, 6.45) is 3.18. The van der Waals surface area contributed by atoms with Gasteiger partial charge in [0.05, 0.1) is 17.1 Å². The second-order valence-corrected chi connectivity index (χ2v) is 10.1. The molecule has 118 valence electrons. The van der Waals surface area contributed by atoms with Crippen LogP contribution in [0.1, 0.15) is 27.2 Å². The second-order valence-electron chi connectivity index (χ2n) is 4.92. The first-order chi connectivity index (χ1) is 9.59.